The lowest BCUT2D eigenvalue weighted by molar-refractivity contribution is 0.145. The first-order valence-electron chi connectivity index (χ1n) is 6.92. The Morgan fingerprint density at radius 3 is 2.60 bits per heavy atom. The van der Waals surface area contributed by atoms with E-state index in [9.17, 15) is 5.11 Å². The van der Waals surface area contributed by atoms with E-state index in [4.69, 9.17) is 4.98 Å². The predicted molar refractivity (Wildman–Crippen MR) is 84.2 cm³/mol. The number of aliphatic hydroxyl groups is 1. The fourth-order valence-corrected chi connectivity index (χ4v) is 2.99. The number of aliphatic hydroxyl groups excluding tert-OH is 1. The number of rotatable bonds is 1. The van der Waals surface area contributed by atoms with Crippen molar-refractivity contribution in [1.29, 1.82) is 0 Å². The molecule has 106 valence electrons. The molecule has 0 radical (unpaired) electrons. The number of pyridine rings is 2. The molecule has 0 bridgehead atoms. The van der Waals surface area contributed by atoms with E-state index < -0.39 is 0 Å². The first kappa shape index (κ1) is 13.8. The maximum atomic E-state index is 9.58. The van der Waals surface area contributed by atoms with Crippen LogP contribution in [0.4, 0.5) is 5.82 Å². The average Bonchev–Trinajstić information content (AvgIpc) is 2.45. The van der Waals surface area contributed by atoms with Gasteiger partial charge in [-0.25, -0.2) is 9.97 Å². The molecule has 1 saturated heterocycles. The summed E-state index contributed by atoms with van der Waals surface area (Å²) >= 11 is 3.57. The molecule has 0 aliphatic carbocycles. The van der Waals surface area contributed by atoms with E-state index in [0.29, 0.717) is 0 Å². The summed E-state index contributed by atoms with van der Waals surface area (Å²) in [7, 11) is 0. The largest absolute Gasteiger partial charge is 0.393 e. The minimum absolute atomic E-state index is 0.162. The molecule has 2 aromatic heterocycles. The van der Waals surface area contributed by atoms with Crippen LogP contribution in [-0.2, 0) is 0 Å². The zero-order valence-electron chi connectivity index (χ0n) is 11.7. The van der Waals surface area contributed by atoms with Crippen LogP contribution in [0.1, 0.15) is 24.1 Å². The molecule has 4 nitrogen and oxygen atoms in total. The maximum Gasteiger partial charge on any atom is 0.162 e. The molecule has 1 N–H and O–H groups in total. The van der Waals surface area contributed by atoms with E-state index in [1.165, 1.54) is 5.56 Å². The molecule has 3 rings (SSSR count). The molecule has 20 heavy (non-hydrogen) atoms. The average molecular weight is 336 g/mol. The van der Waals surface area contributed by atoms with Gasteiger partial charge in [0.15, 0.2) is 5.65 Å². The Bertz CT molecular complexity index is 651. The normalized spacial score (nSPS) is 16.9. The van der Waals surface area contributed by atoms with Crippen molar-refractivity contribution in [3.63, 3.8) is 0 Å². The molecule has 0 unspecified atom stereocenters. The van der Waals surface area contributed by atoms with Gasteiger partial charge in [0.25, 0.3) is 0 Å². The summed E-state index contributed by atoms with van der Waals surface area (Å²) in [4.78, 5) is 11.5. The summed E-state index contributed by atoms with van der Waals surface area (Å²) in [5, 5.41) is 10.7. The number of nitrogens with zero attached hydrogens (tertiary/aromatic N) is 3. The fourth-order valence-electron chi connectivity index (χ4n) is 2.68. The maximum absolute atomic E-state index is 9.58. The van der Waals surface area contributed by atoms with Gasteiger partial charge in [0, 0.05) is 22.9 Å². The van der Waals surface area contributed by atoms with Crippen molar-refractivity contribution in [3.05, 3.63) is 27.9 Å². The molecule has 3 heterocycles. The van der Waals surface area contributed by atoms with Crippen molar-refractivity contribution in [2.24, 2.45) is 0 Å². The molecule has 1 fully saturated rings. The molecular formula is C15H18BrN3O. The van der Waals surface area contributed by atoms with Gasteiger partial charge in [0.05, 0.1) is 11.8 Å². The van der Waals surface area contributed by atoms with Gasteiger partial charge < -0.3 is 10.0 Å². The number of halogens is 1. The Hall–Kier alpha value is -1.20. The minimum atomic E-state index is -0.162. The van der Waals surface area contributed by atoms with E-state index in [-0.39, 0.29) is 6.10 Å². The van der Waals surface area contributed by atoms with Gasteiger partial charge in [0.1, 0.15) is 5.82 Å². The number of piperidine rings is 1. The quantitative estimate of drug-likeness (QED) is 0.870. The second kappa shape index (κ2) is 5.30. The smallest absolute Gasteiger partial charge is 0.162 e. The third kappa shape index (κ3) is 2.40. The topological polar surface area (TPSA) is 49.2 Å². The van der Waals surface area contributed by atoms with Gasteiger partial charge in [0.2, 0.25) is 0 Å². The fraction of sp³-hybridized carbons (Fsp3) is 0.467. The van der Waals surface area contributed by atoms with Crippen LogP contribution in [0.3, 0.4) is 0 Å². The van der Waals surface area contributed by atoms with Crippen LogP contribution >= 0.6 is 15.9 Å². The summed E-state index contributed by atoms with van der Waals surface area (Å²) in [6.07, 6.45) is 1.46. The summed E-state index contributed by atoms with van der Waals surface area (Å²) < 4.78 is 1.06. The lowest BCUT2D eigenvalue weighted by Crippen LogP contribution is -2.36. The summed E-state index contributed by atoms with van der Waals surface area (Å²) in [6, 6.07) is 4.14. The zero-order valence-corrected chi connectivity index (χ0v) is 13.3. The van der Waals surface area contributed by atoms with E-state index >= 15 is 0 Å². The third-order valence-corrected chi connectivity index (χ3v) is 5.14. The van der Waals surface area contributed by atoms with Crippen molar-refractivity contribution in [2.45, 2.75) is 32.8 Å². The van der Waals surface area contributed by atoms with Crippen LogP contribution in [0.5, 0.6) is 0 Å². The van der Waals surface area contributed by atoms with Gasteiger partial charge >= 0.3 is 0 Å². The molecule has 0 amide bonds. The molecule has 1 aliphatic heterocycles. The molecule has 0 aromatic carbocycles. The van der Waals surface area contributed by atoms with Crippen molar-refractivity contribution < 1.29 is 5.11 Å². The number of aryl methyl sites for hydroxylation is 2. The number of hydrogen-bond donors (Lipinski definition) is 1. The monoisotopic (exact) mass is 335 g/mol. The molecule has 0 saturated carbocycles. The van der Waals surface area contributed by atoms with Crippen molar-refractivity contribution in [1.82, 2.24) is 9.97 Å². The lowest BCUT2D eigenvalue weighted by atomic mass is 10.1. The van der Waals surface area contributed by atoms with Gasteiger partial charge in [-0.3, -0.25) is 0 Å². The molecule has 2 aromatic rings. The van der Waals surface area contributed by atoms with Gasteiger partial charge in [-0.15, -0.1) is 0 Å². The number of fused-ring (bicyclic) bond motifs is 1. The molecule has 5 heteroatoms. The predicted octanol–water partition coefficient (Wildman–Crippen LogP) is 2.97. The van der Waals surface area contributed by atoms with Crippen LogP contribution < -0.4 is 4.90 Å². The Kier molecular flexibility index (Phi) is 3.65. The Balaban J connectivity index is 2.01. The van der Waals surface area contributed by atoms with Crippen LogP contribution in [0.2, 0.25) is 0 Å². The Morgan fingerprint density at radius 1 is 1.20 bits per heavy atom. The van der Waals surface area contributed by atoms with Crippen LogP contribution in [0.25, 0.3) is 11.0 Å². The van der Waals surface area contributed by atoms with Crippen LogP contribution in [0, 0.1) is 13.8 Å². The second-order valence-electron chi connectivity index (χ2n) is 5.40. The minimum Gasteiger partial charge on any atom is -0.393 e. The van der Waals surface area contributed by atoms with Crippen LogP contribution in [-0.4, -0.2) is 34.3 Å². The van der Waals surface area contributed by atoms with E-state index in [1.54, 1.807) is 0 Å². The van der Waals surface area contributed by atoms with E-state index in [1.807, 2.05) is 6.92 Å². The van der Waals surface area contributed by atoms with Gasteiger partial charge in [-0.05, 0) is 60.3 Å². The number of anilines is 1. The van der Waals surface area contributed by atoms with Gasteiger partial charge in [-0.2, -0.15) is 0 Å². The molecule has 0 spiro atoms. The highest BCUT2D eigenvalue weighted by molar-refractivity contribution is 9.10. The third-order valence-electron chi connectivity index (χ3n) is 3.97. The molecule has 0 atom stereocenters. The van der Waals surface area contributed by atoms with E-state index in [2.05, 4.69) is 44.9 Å². The van der Waals surface area contributed by atoms with Gasteiger partial charge in [-0.1, -0.05) is 0 Å². The summed E-state index contributed by atoms with van der Waals surface area (Å²) in [6.45, 7) is 5.78. The summed E-state index contributed by atoms with van der Waals surface area (Å²) in [5.41, 5.74) is 2.95. The lowest BCUT2D eigenvalue weighted by Gasteiger charge is -2.30. The number of aromatic nitrogens is 2. The Labute approximate surface area is 127 Å². The Morgan fingerprint density at radius 2 is 1.90 bits per heavy atom. The van der Waals surface area contributed by atoms with Crippen molar-refractivity contribution in [3.8, 4) is 0 Å². The van der Waals surface area contributed by atoms with Crippen molar-refractivity contribution in [2.75, 3.05) is 18.0 Å². The second-order valence-corrected chi connectivity index (χ2v) is 6.19. The highest BCUT2D eigenvalue weighted by atomic mass is 79.9. The zero-order chi connectivity index (χ0) is 14.3. The highest BCUT2D eigenvalue weighted by Gasteiger charge is 2.19. The molecule has 1 aliphatic rings. The van der Waals surface area contributed by atoms with Crippen LogP contribution in [0.15, 0.2) is 16.6 Å². The summed E-state index contributed by atoms with van der Waals surface area (Å²) in [5.74, 6) is 0.957. The first-order chi connectivity index (χ1) is 9.56. The standard InChI is InChI=1S/C15H18BrN3O/c1-9-12-3-4-13(19-7-5-11(20)6-8-19)18-15(12)17-10(2)14(9)16/h3-4,11,20H,5-8H2,1-2H3. The van der Waals surface area contributed by atoms with E-state index in [0.717, 1.165) is 52.9 Å². The number of hydrogen-bond acceptors (Lipinski definition) is 4. The SMILES string of the molecule is Cc1nc2nc(N3CCC(O)CC3)ccc2c(C)c1Br. The first-order valence-corrected chi connectivity index (χ1v) is 7.72. The van der Waals surface area contributed by atoms with Crippen molar-refractivity contribution >= 4 is 32.8 Å². The highest BCUT2D eigenvalue weighted by Crippen LogP contribution is 2.28. The molecular weight excluding hydrogens is 318 g/mol.